The van der Waals surface area contributed by atoms with Gasteiger partial charge in [0.1, 0.15) is 28.3 Å². The average Bonchev–Trinajstić information content (AvgIpc) is 2.88. The zero-order valence-corrected chi connectivity index (χ0v) is 12.2. The number of hydrogen-bond donors (Lipinski definition) is 0. The molecule has 1 aromatic heterocycles. The van der Waals surface area contributed by atoms with Gasteiger partial charge in [0.15, 0.2) is 17.0 Å². The van der Waals surface area contributed by atoms with Gasteiger partial charge in [0, 0.05) is 0 Å². The normalized spacial score (nSPS) is 11.8. The molecule has 9 heteroatoms. The summed E-state index contributed by atoms with van der Waals surface area (Å²) in [5.41, 5.74) is -0.302. The first-order chi connectivity index (χ1) is 10.1. The van der Waals surface area contributed by atoms with Gasteiger partial charge in [-0.2, -0.15) is 15.8 Å². The molecule has 0 amide bonds. The number of fused-ring (bicyclic) bond motifs is 1. The van der Waals surface area contributed by atoms with E-state index in [1.54, 1.807) is 25.1 Å². The van der Waals surface area contributed by atoms with Crippen LogP contribution >= 0.6 is 23.5 Å². The Morgan fingerprint density at radius 2 is 1.67 bits per heavy atom. The summed E-state index contributed by atoms with van der Waals surface area (Å²) in [5, 5.41) is 27.7. The van der Waals surface area contributed by atoms with Crippen molar-refractivity contribution in [3.8, 4) is 18.2 Å². The van der Waals surface area contributed by atoms with Crippen LogP contribution in [0.4, 0.5) is 0 Å². The van der Waals surface area contributed by atoms with Crippen molar-refractivity contribution in [3.63, 3.8) is 0 Å². The number of ether oxygens (including phenoxy) is 1. The number of aromatic nitrogens is 2. The summed E-state index contributed by atoms with van der Waals surface area (Å²) < 4.78 is 5.18. The molecule has 0 saturated carbocycles. The van der Waals surface area contributed by atoms with E-state index >= 15 is 0 Å². The van der Waals surface area contributed by atoms with Gasteiger partial charge in [-0.05, 0) is 6.92 Å². The molecule has 2 heterocycles. The second-order valence-corrected chi connectivity index (χ2v) is 5.71. The van der Waals surface area contributed by atoms with Crippen LogP contribution in [0, 0.1) is 34.0 Å². The molecule has 0 aromatic carbocycles. The average molecular weight is 315 g/mol. The molecule has 0 N–H and O–H groups in total. The molecule has 21 heavy (non-hydrogen) atoms. The minimum Gasteiger partial charge on any atom is -0.462 e. The molecule has 0 unspecified atom stereocenters. The third-order valence-corrected chi connectivity index (χ3v) is 4.58. The fourth-order valence-corrected chi connectivity index (χ4v) is 3.61. The lowest BCUT2D eigenvalue weighted by Gasteiger charge is -2.01. The molecular formula is C12H5N5O2S2. The Bertz CT molecular complexity index is 738. The smallest absolute Gasteiger partial charge is 0.350 e. The Labute approximate surface area is 128 Å². The lowest BCUT2D eigenvalue weighted by molar-refractivity contribution is -0.138. The van der Waals surface area contributed by atoms with E-state index in [1.165, 1.54) is 0 Å². The monoisotopic (exact) mass is 315 g/mol. The molecule has 1 aliphatic heterocycles. The van der Waals surface area contributed by atoms with Crippen LogP contribution in [0.25, 0.3) is 0 Å². The van der Waals surface area contributed by atoms with E-state index in [1.807, 2.05) is 0 Å². The SMILES string of the molecule is CCOC(=O)C(C#N)=C1Sc2nc(C#N)c(C#N)nc2S1. The summed E-state index contributed by atoms with van der Waals surface area (Å²) in [6.07, 6.45) is 0. The number of hydrogen-bond acceptors (Lipinski definition) is 9. The molecule has 7 nitrogen and oxygen atoms in total. The summed E-state index contributed by atoms with van der Waals surface area (Å²) in [6.45, 7) is 1.80. The van der Waals surface area contributed by atoms with Gasteiger partial charge in [0.2, 0.25) is 0 Å². The highest BCUT2D eigenvalue weighted by molar-refractivity contribution is 8.24. The molecule has 0 aliphatic carbocycles. The molecule has 0 fully saturated rings. The predicted molar refractivity (Wildman–Crippen MR) is 72.4 cm³/mol. The van der Waals surface area contributed by atoms with Gasteiger partial charge in [0.25, 0.3) is 0 Å². The predicted octanol–water partition coefficient (Wildman–Crippen LogP) is 1.72. The van der Waals surface area contributed by atoms with Crippen LogP contribution < -0.4 is 0 Å². The van der Waals surface area contributed by atoms with E-state index in [0.717, 1.165) is 23.5 Å². The van der Waals surface area contributed by atoms with Crippen molar-refractivity contribution in [1.82, 2.24) is 9.97 Å². The fraction of sp³-hybridized carbons (Fsp3) is 0.167. The van der Waals surface area contributed by atoms with Gasteiger partial charge >= 0.3 is 5.97 Å². The maximum absolute atomic E-state index is 11.7. The van der Waals surface area contributed by atoms with Crippen molar-refractivity contribution in [3.05, 3.63) is 21.2 Å². The molecule has 1 aromatic rings. The van der Waals surface area contributed by atoms with E-state index in [9.17, 15) is 4.79 Å². The van der Waals surface area contributed by atoms with Crippen molar-refractivity contribution < 1.29 is 9.53 Å². The number of esters is 1. The molecule has 2 rings (SSSR count). The number of thioether (sulfide) groups is 2. The zero-order valence-electron chi connectivity index (χ0n) is 10.6. The minimum atomic E-state index is -0.719. The van der Waals surface area contributed by atoms with Crippen LogP contribution in [0.15, 0.2) is 19.9 Å². The summed E-state index contributed by atoms with van der Waals surface area (Å²) in [6, 6.07) is 5.37. The van der Waals surface area contributed by atoms with Gasteiger partial charge in [-0.15, -0.1) is 0 Å². The second kappa shape index (κ2) is 6.27. The highest BCUT2D eigenvalue weighted by Gasteiger charge is 2.29. The van der Waals surface area contributed by atoms with E-state index in [-0.39, 0.29) is 23.6 Å². The van der Waals surface area contributed by atoms with Crippen LogP contribution in [0.1, 0.15) is 18.3 Å². The summed E-state index contributed by atoms with van der Waals surface area (Å²) in [4.78, 5) is 19.7. The molecule has 1 aliphatic rings. The topological polar surface area (TPSA) is 123 Å². The van der Waals surface area contributed by atoms with Crippen LogP contribution in [0.3, 0.4) is 0 Å². The number of rotatable bonds is 2. The summed E-state index contributed by atoms with van der Waals surface area (Å²) >= 11 is 2.11. The van der Waals surface area contributed by atoms with E-state index in [4.69, 9.17) is 20.5 Å². The quantitative estimate of drug-likeness (QED) is 0.455. The van der Waals surface area contributed by atoms with Crippen LogP contribution in [0.5, 0.6) is 0 Å². The highest BCUT2D eigenvalue weighted by Crippen LogP contribution is 2.50. The third kappa shape index (κ3) is 2.82. The Kier molecular flexibility index (Phi) is 4.44. The van der Waals surface area contributed by atoms with Gasteiger partial charge in [-0.1, -0.05) is 23.5 Å². The number of nitrogens with zero attached hydrogens (tertiary/aromatic N) is 5. The lowest BCUT2D eigenvalue weighted by atomic mass is 10.3. The van der Waals surface area contributed by atoms with E-state index in [0.29, 0.717) is 14.3 Å². The Morgan fingerprint density at radius 1 is 1.14 bits per heavy atom. The van der Waals surface area contributed by atoms with E-state index in [2.05, 4.69) is 9.97 Å². The molecule has 102 valence electrons. The first-order valence-electron chi connectivity index (χ1n) is 5.54. The van der Waals surface area contributed by atoms with E-state index < -0.39 is 5.97 Å². The highest BCUT2D eigenvalue weighted by atomic mass is 32.2. The standard InChI is InChI=1S/C12H5N5O2S2/c1-2-19-11(18)6(3-13)12-20-9-10(21-12)17-8(5-15)7(4-14)16-9/h2H2,1H3. The van der Waals surface area contributed by atoms with Crippen LogP contribution in [0.2, 0.25) is 0 Å². The molecule has 0 radical (unpaired) electrons. The zero-order chi connectivity index (χ0) is 15.4. The number of carbonyl (C=O) groups is 1. The van der Waals surface area contributed by atoms with Gasteiger partial charge in [-0.3, -0.25) is 0 Å². The molecule has 0 spiro atoms. The van der Waals surface area contributed by atoms with Crippen molar-refractivity contribution >= 4 is 29.5 Å². The van der Waals surface area contributed by atoms with Crippen LogP contribution in [-0.2, 0) is 9.53 Å². The maximum Gasteiger partial charge on any atom is 0.350 e. The van der Waals surface area contributed by atoms with Gasteiger partial charge in [-0.25, -0.2) is 14.8 Å². The largest absolute Gasteiger partial charge is 0.462 e. The van der Waals surface area contributed by atoms with Crippen molar-refractivity contribution in [2.45, 2.75) is 17.0 Å². The molecule has 0 bridgehead atoms. The Balaban J connectivity index is 2.44. The van der Waals surface area contributed by atoms with Gasteiger partial charge in [0.05, 0.1) is 10.8 Å². The minimum absolute atomic E-state index is 0.0831. The second-order valence-electron chi connectivity index (χ2n) is 3.45. The van der Waals surface area contributed by atoms with Crippen LogP contribution in [-0.4, -0.2) is 22.5 Å². The first kappa shape index (κ1) is 14.9. The fourth-order valence-electron chi connectivity index (χ4n) is 1.37. The molecule has 0 saturated heterocycles. The number of carbonyl (C=O) groups excluding carboxylic acids is 1. The lowest BCUT2D eigenvalue weighted by Crippen LogP contribution is -2.07. The third-order valence-electron chi connectivity index (χ3n) is 2.22. The molecule has 0 atom stereocenters. The maximum atomic E-state index is 11.7. The summed E-state index contributed by atoms with van der Waals surface area (Å²) in [7, 11) is 0. The Morgan fingerprint density at radius 3 is 2.05 bits per heavy atom. The van der Waals surface area contributed by atoms with Crippen molar-refractivity contribution in [2.24, 2.45) is 0 Å². The van der Waals surface area contributed by atoms with Gasteiger partial charge < -0.3 is 4.74 Å². The first-order valence-corrected chi connectivity index (χ1v) is 7.17. The van der Waals surface area contributed by atoms with Crippen molar-refractivity contribution in [1.29, 1.82) is 15.8 Å². The van der Waals surface area contributed by atoms with Crippen molar-refractivity contribution in [2.75, 3.05) is 6.61 Å². The number of nitriles is 3. The summed E-state index contributed by atoms with van der Waals surface area (Å²) in [5.74, 6) is -0.719. The Hall–Kier alpha value is -2.54. The molecular weight excluding hydrogens is 310 g/mol.